The molecule has 4 rings (SSSR count). The van der Waals surface area contributed by atoms with Gasteiger partial charge < -0.3 is 0 Å². The lowest BCUT2D eigenvalue weighted by atomic mass is 10.1. The number of carbonyl (C=O) groups excluding carboxylic acids is 1. The average Bonchev–Trinajstić information content (AvgIpc) is 3.26. The summed E-state index contributed by atoms with van der Waals surface area (Å²) in [5.74, 6) is -0.324. The van der Waals surface area contributed by atoms with E-state index in [0.717, 1.165) is 36.6 Å². The summed E-state index contributed by atoms with van der Waals surface area (Å²) in [7, 11) is -3.71. The zero-order chi connectivity index (χ0) is 24.8. The molecule has 2 aromatic carbocycles. The zero-order valence-electron chi connectivity index (χ0n) is 19.8. The SMILES string of the molecule is C=CCN(CC=C)S(=O)(=O)c1ccc(C(=O)Nc2nc3c(s2)CN(Cc2ccccc2)CC3)cc1.Cl. The number of thiazole rings is 1. The van der Waals surface area contributed by atoms with Crippen molar-refractivity contribution >= 4 is 44.8 Å². The Hall–Kier alpha value is -2.82. The molecule has 1 aromatic heterocycles. The summed E-state index contributed by atoms with van der Waals surface area (Å²) in [6.45, 7) is 10.2. The first-order valence-electron chi connectivity index (χ1n) is 11.3. The molecule has 1 aliphatic rings. The molecule has 0 radical (unpaired) electrons. The van der Waals surface area contributed by atoms with E-state index < -0.39 is 10.0 Å². The largest absolute Gasteiger partial charge is 0.298 e. The molecule has 1 N–H and O–H groups in total. The number of nitrogens with one attached hydrogen (secondary N) is 1. The highest BCUT2D eigenvalue weighted by Crippen LogP contribution is 2.29. The van der Waals surface area contributed by atoms with E-state index in [2.05, 4.69) is 40.5 Å². The number of hydrogen-bond acceptors (Lipinski definition) is 6. The fourth-order valence-corrected chi connectivity index (χ4v) is 6.36. The van der Waals surface area contributed by atoms with Crippen LogP contribution in [0.4, 0.5) is 5.13 Å². The van der Waals surface area contributed by atoms with Gasteiger partial charge in [-0.05, 0) is 29.8 Å². The third-order valence-electron chi connectivity index (χ3n) is 5.70. The Morgan fingerprint density at radius 3 is 2.39 bits per heavy atom. The number of fused-ring (bicyclic) bond motifs is 1. The molecule has 0 fully saturated rings. The lowest BCUT2D eigenvalue weighted by Gasteiger charge is -2.25. The summed E-state index contributed by atoms with van der Waals surface area (Å²) >= 11 is 1.49. The van der Waals surface area contributed by atoms with E-state index in [1.807, 2.05) is 18.2 Å². The standard InChI is InChI=1S/C26H28N4O3S2.ClH/c1-3-15-30(16-4-2)35(32,33)22-12-10-21(11-13-22)25(31)28-26-27-23-14-17-29(19-24(23)34-26)18-20-8-6-5-7-9-20;/h3-13H,1-2,14-19H2,(H,27,28,31);1H. The number of aromatic nitrogens is 1. The van der Waals surface area contributed by atoms with Gasteiger partial charge in [-0.15, -0.1) is 36.9 Å². The molecule has 36 heavy (non-hydrogen) atoms. The topological polar surface area (TPSA) is 82.6 Å². The first-order valence-corrected chi connectivity index (χ1v) is 13.5. The van der Waals surface area contributed by atoms with Gasteiger partial charge in [0.25, 0.3) is 5.91 Å². The van der Waals surface area contributed by atoms with Crippen LogP contribution < -0.4 is 5.32 Å². The van der Waals surface area contributed by atoms with E-state index in [-0.39, 0.29) is 36.3 Å². The van der Waals surface area contributed by atoms with E-state index in [9.17, 15) is 13.2 Å². The highest BCUT2D eigenvalue weighted by Gasteiger charge is 2.24. The normalized spacial score (nSPS) is 13.5. The van der Waals surface area contributed by atoms with E-state index in [0.29, 0.717) is 10.7 Å². The van der Waals surface area contributed by atoms with E-state index >= 15 is 0 Å². The van der Waals surface area contributed by atoms with Crippen LogP contribution in [0.25, 0.3) is 0 Å². The number of sulfonamides is 1. The minimum Gasteiger partial charge on any atom is -0.298 e. The Morgan fingerprint density at radius 1 is 1.08 bits per heavy atom. The summed E-state index contributed by atoms with van der Waals surface area (Å²) in [4.78, 5) is 21.1. The van der Waals surface area contributed by atoms with Gasteiger partial charge in [0.05, 0.1) is 10.6 Å². The van der Waals surface area contributed by atoms with E-state index in [4.69, 9.17) is 0 Å². The van der Waals surface area contributed by atoms with Gasteiger partial charge in [-0.1, -0.05) is 42.5 Å². The Labute approximate surface area is 222 Å². The molecule has 10 heteroatoms. The van der Waals surface area contributed by atoms with Crippen molar-refractivity contribution in [1.82, 2.24) is 14.2 Å². The van der Waals surface area contributed by atoms with Gasteiger partial charge >= 0.3 is 0 Å². The first kappa shape index (κ1) is 27.8. The van der Waals surface area contributed by atoms with Crippen LogP contribution in [0, 0.1) is 0 Å². The Bertz CT molecular complexity index is 1300. The second kappa shape index (κ2) is 12.4. The third kappa shape index (κ3) is 6.48. The van der Waals surface area contributed by atoms with Crippen LogP contribution >= 0.6 is 23.7 Å². The van der Waals surface area contributed by atoms with Crippen LogP contribution in [0.5, 0.6) is 0 Å². The molecule has 7 nitrogen and oxygen atoms in total. The van der Waals surface area contributed by atoms with Crippen molar-refractivity contribution in [3.05, 3.63) is 102 Å². The van der Waals surface area contributed by atoms with Crippen LogP contribution in [0.2, 0.25) is 0 Å². The Balaban J connectivity index is 0.00000361. The molecule has 0 saturated carbocycles. The fourth-order valence-electron chi connectivity index (χ4n) is 3.93. The van der Waals surface area contributed by atoms with E-state index in [1.165, 1.54) is 57.6 Å². The zero-order valence-corrected chi connectivity index (χ0v) is 22.2. The maximum Gasteiger partial charge on any atom is 0.257 e. The minimum absolute atomic E-state index is 0. The third-order valence-corrected chi connectivity index (χ3v) is 8.54. The second-order valence-electron chi connectivity index (χ2n) is 8.21. The van der Waals surface area contributed by atoms with Crippen LogP contribution in [0.15, 0.2) is 84.8 Å². The number of amides is 1. The van der Waals surface area contributed by atoms with Crippen LogP contribution in [0.1, 0.15) is 26.5 Å². The lowest BCUT2D eigenvalue weighted by molar-refractivity contribution is 0.102. The van der Waals surface area contributed by atoms with Crippen molar-refractivity contribution in [2.24, 2.45) is 0 Å². The molecular formula is C26H29ClN4O3S2. The molecule has 1 amide bonds. The molecule has 0 saturated heterocycles. The summed E-state index contributed by atoms with van der Waals surface area (Å²) in [6.07, 6.45) is 3.89. The number of benzene rings is 2. The number of rotatable bonds is 10. The number of nitrogens with zero attached hydrogens (tertiary/aromatic N) is 3. The lowest BCUT2D eigenvalue weighted by Crippen LogP contribution is -2.31. The van der Waals surface area contributed by atoms with Crippen molar-refractivity contribution in [3.8, 4) is 0 Å². The second-order valence-corrected chi connectivity index (χ2v) is 11.2. The van der Waals surface area contributed by atoms with Gasteiger partial charge in [-0.3, -0.25) is 15.0 Å². The molecule has 0 unspecified atom stereocenters. The molecule has 0 spiro atoms. The number of halogens is 1. The first-order chi connectivity index (χ1) is 16.9. The van der Waals surface area contributed by atoms with Gasteiger partial charge in [0.2, 0.25) is 10.0 Å². The highest BCUT2D eigenvalue weighted by molar-refractivity contribution is 7.89. The Morgan fingerprint density at radius 2 is 1.75 bits per heavy atom. The molecule has 3 aromatic rings. The van der Waals surface area contributed by atoms with Crippen molar-refractivity contribution in [2.45, 2.75) is 24.4 Å². The maximum atomic E-state index is 12.9. The molecule has 1 aliphatic heterocycles. The molecule has 0 bridgehead atoms. The summed E-state index contributed by atoms with van der Waals surface area (Å²) in [5.41, 5.74) is 2.67. The van der Waals surface area contributed by atoms with Crippen molar-refractivity contribution < 1.29 is 13.2 Å². The predicted molar refractivity (Wildman–Crippen MR) is 147 cm³/mol. The molecule has 190 valence electrons. The van der Waals surface area contributed by atoms with Crippen LogP contribution in [-0.4, -0.2) is 48.1 Å². The van der Waals surface area contributed by atoms with Gasteiger partial charge in [0.1, 0.15) is 0 Å². The molecule has 0 aliphatic carbocycles. The van der Waals surface area contributed by atoms with Gasteiger partial charge in [-0.2, -0.15) is 4.31 Å². The summed E-state index contributed by atoms with van der Waals surface area (Å²) < 4.78 is 27.0. The Kier molecular flexibility index (Phi) is 9.58. The molecular weight excluding hydrogens is 516 g/mol. The summed E-state index contributed by atoms with van der Waals surface area (Å²) in [5, 5.41) is 3.42. The fraction of sp³-hybridized carbons (Fsp3) is 0.231. The van der Waals surface area contributed by atoms with E-state index in [1.54, 1.807) is 0 Å². The smallest absolute Gasteiger partial charge is 0.257 e. The number of hydrogen-bond donors (Lipinski definition) is 1. The summed E-state index contributed by atoms with van der Waals surface area (Å²) in [6, 6.07) is 16.3. The van der Waals surface area contributed by atoms with Crippen molar-refractivity contribution in [1.29, 1.82) is 0 Å². The number of carbonyl (C=O) groups is 1. The van der Waals surface area contributed by atoms with Gasteiger partial charge in [0, 0.05) is 49.6 Å². The van der Waals surface area contributed by atoms with Crippen LogP contribution in [-0.2, 0) is 29.5 Å². The maximum absolute atomic E-state index is 12.9. The minimum atomic E-state index is -3.71. The van der Waals surface area contributed by atoms with Gasteiger partial charge in [-0.25, -0.2) is 13.4 Å². The van der Waals surface area contributed by atoms with Crippen molar-refractivity contribution in [3.63, 3.8) is 0 Å². The molecule has 2 heterocycles. The van der Waals surface area contributed by atoms with Gasteiger partial charge in [0.15, 0.2) is 5.13 Å². The van der Waals surface area contributed by atoms with Crippen LogP contribution in [0.3, 0.4) is 0 Å². The quantitative estimate of drug-likeness (QED) is 0.373. The predicted octanol–water partition coefficient (Wildman–Crippen LogP) is 4.74. The molecule has 0 atom stereocenters. The highest BCUT2D eigenvalue weighted by atomic mass is 35.5. The monoisotopic (exact) mass is 544 g/mol. The average molecular weight is 545 g/mol. The van der Waals surface area contributed by atoms with Crippen molar-refractivity contribution in [2.75, 3.05) is 25.0 Å². The number of anilines is 1.